The molecule has 0 unspecified atom stereocenters. The summed E-state index contributed by atoms with van der Waals surface area (Å²) in [5.74, 6) is 0.488. The highest BCUT2D eigenvalue weighted by Crippen LogP contribution is 2.22. The molecule has 5 heteroatoms. The number of benzene rings is 2. The third-order valence-electron chi connectivity index (χ3n) is 3.06. The average molecular weight is 350 g/mol. The third kappa shape index (κ3) is 4.23. The first-order valence-electron chi connectivity index (χ1n) is 6.50. The van der Waals surface area contributed by atoms with Gasteiger partial charge in [-0.15, -0.1) is 0 Å². The quantitative estimate of drug-likeness (QED) is 0.871. The second-order valence-corrected chi connectivity index (χ2v) is 5.43. The van der Waals surface area contributed by atoms with E-state index in [1.807, 2.05) is 24.3 Å². The number of hydrogen-bond donors (Lipinski definition) is 2. The van der Waals surface area contributed by atoms with E-state index in [9.17, 15) is 9.90 Å². The van der Waals surface area contributed by atoms with Crippen molar-refractivity contribution in [3.8, 4) is 11.5 Å². The van der Waals surface area contributed by atoms with Crippen LogP contribution in [0.3, 0.4) is 0 Å². The fourth-order valence-electron chi connectivity index (χ4n) is 1.90. The Morgan fingerprint density at radius 2 is 1.95 bits per heavy atom. The zero-order chi connectivity index (χ0) is 15.2. The summed E-state index contributed by atoms with van der Waals surface area (Å²) in [5.41, 5.74) is 1.38. The van der Waals surface area contributed by atoms with Crippen molar-refractivity contribution >= 4 is 21.8 Å². The van der Waals surface area contributed by atoms with Crippen LogP contribution in [0.25, 0.3) is 0 Å². The minimum Gasteiger partial charge on any atom is -0.507 e. The number of amides is 1. The van der Waals surface area contributed by atoms with E-state index in [0.29, 0.717) is 13.0 Å². The van der Waals surface area contributed by atoms with E-state index >= 15 is 0 Å². The van der Waals surface area contributed by atoms with E-state index in [4.69, 9.17) is 4.74 Å². The van der Waals surface area contributed by atoms with Gasteiger partial charge in [0.25, 0.3) is 5.91 Å². The molecule has 2 aromatic rings. The van der Waals surface area contributed by atoms with Crippen LogP contribution in [0.1, 0.15) is 15.9 Å². The van der Waals surface area contributed by atoms with Crippen molar-refractivity contribution in [3.63, 3.8) is 0 Å². The summed E-state index contributed by atoms with van der Waals surface area (Å²) in [6, 6.07) is 12.5. The highest BCUT2D eigenvalue weighted by molar-refractivity contribution is 9.10. The minimum absolute atomic E-state index is 0.0358. The topological polar surface area (TPSA) is 58.6 Å². The average Bonchev–Trinajstić information content (AvgIpc) is 2.47. The smallest absolute Gasteiger partial charge is 0.255 e. The zero-order valence-electron chi connectivity index (χ0n) is 11.6. The van der Waals surface area contributed by atoms with Gasteiger partial charge < -0.3 is 15.2 Å². The summed E-state index contributed by atoms with van der Waals surface area (Å²) in [6.07, 6.45) is 0.715. The summed E-state index contributed by atoms with van der Waals surface area (Å²) < 4.78 is 5.82. The number of ether oxygens (including phenoxy) is 1. The van der Waals surface area contributed by atoms with Gasteiger partial charge in [0.15, 0.2) is 0 Å². The molecule has 0 heterocycles. The van der Waals surface area contributed by atoms with Crippen LogP contribution in [0.5, 0.6) is 11.5 Å². The van der Waals surface area contributed by atoms with Gasteiger partial charge in [-0.3, -0.25) is 4.79 Å². The number of phenolic OH excluding ortho intramolecular Hbond substituents is 1. The summed E-state index contributed by atoms with van der Waals surface area (Å²) >= 11 is 3.24. The molecule has 0 spiro atoms. The maximum atomic E-state index is 12.0. The van der Waals surface area contributed by atoms with Crippen LogP contribution in [0.15, 0.2) is 46.9 Å². The van der Waals surface area contributed by atoms with Crippen molar-refractivity contribution in [1.82, 2.24) is 5.32 Å². The predicted molar refractivity (Wildman–Crippen MR) is 84.8 cm³/mol. The van der Waals surface area contributed by atoms with E-state index in [2.05, 4.69) is 21.2 Å². The summed E-state index contributed by atoms with van der Waals surface area (Å²) in [7, 11) is 1.62. The molecule has 0 aromatic heterocycles. The van der Waals surface area contributed by atoms with Crippen LogP contribution in [0.2, 0.25) is 0 Å². The number of hydrogen-bond acceptors (Lipinski definition) is 3. The monoisotopic (exact) mass is 349 g/mol. The molecule has 2 rings (SSSR count). The van der Waals surface area contributed by atoms with Crippen molar-refractivity contribution in [3.05, 3.63) is 58.1 Å². The molecule has 110 valence electrons. The summed E-state index contributed by atoms with van der Waals surface area (Å²) in [4.78, 5) is 12.0. The van der Waals surface area contributed by atoms with Gasteiger partial charge in [0.05, 0.1) is 12.7 Å². The normalized spacial score (nSPS) is 10.2. The molecule has 4 nitrogen and oxygen atoms in total. The lowest BCUT2D eigenvalue weighted by Gasteiger charge is -2.08. The third-order valence-corrected chi connectivity index (χ3v) is 3.56. The Labute approximate surface area is 131 Å². The number of nitrogens with one attached hydrogen (secondary N) is 1. The standard InChI is InChI=1S/C16H16BrNO3/c1-21-13-5-2-11(3-6-13)8-9-18-16(20)14-7-4-12(17)10-15(14)19/h2-7,10,19H,8-9H2,1H3,(H,18,20). The van der Waals surface area contributed by atoms with Gasteiger partial charge >= 0.3 is 0 Å². The Morgan fingerprint density at radius 1 is 1.24 bits per heavy atom. The molecule has 21 heavy (non-hydrogen) atoms. The molecule has 0 fully saturated rings. The van der Waals surface area contributed by atoms with E-state index in [0.717, 1.165) is 15.8 Å². The van der Waals surface area contributed by atoms with Crippen LogP contribution >= 0.6 is 15.9 Å². The lowest BCUT2D eigenvalue weighted by molar-refractivity contribution is 0.0951. The molecular formula is C16H16BrNO3. The highest BCUT2D eigenvalue weighted by Gasteiger charge is 2.10. The number of halogens is 1. The van der Waals surface area contributed by atoms with Crippen molar-refractivity contribution in [2.75, 3.05) is 13.7 Å². The fraction of sp³-hybridized carbons (Fsp3) is 0.188. The molecule has 0 bridgehead atoms. The van der Waals surface area contributed by atoms with E-state index < -0.39 is 0 Å². The van der Waals surface area contributed by atoms with Gasteiger partial charge in [-0.1, -0.05) is 28.1 Å². The van der Waals surface area contributed by atoms with E-state index in [1.165, 1.54) is 6.07 Å². The van der Waals surface area contributed by atoms with Crippen LogP contribution < -0.4 is 10.1 Å². The van der Waals surface area contributed by atoms with Crippen molar-refractivity contribution < 1.29 is 14.6 Å². The summed E-state index contributed by atoms with van der Waals surface area (Å²) in [6.45, 7) is 0.501. The Morgan fingerprint density at radius 3 is 2.57 bits per heavy atom. The number of rotatable bonds is 5. The zero-order valence-corrected chi connectivity index (χ0v) is 13.2. The fourth-order valence-corrected chi connectivity index (χ4v) is 2.25. The van der Waals surface area contributed by atoms with Crippen molar-refractivity contribution in [2.45, 2.75) is 6.42 Å². The first kappa shape index (κ1) is 15.4. The van der Waals surface area contributed by atoms with Gasteiger partial charge in [-0.25, -0.2) is 0 Å². The van der Waals surface area contributed by atoms with Crippen LogP contribution in [0.4, 0.5) is 0 Å². The lowest BCUT2D eigenvalue weighted by atomic mass is 10.1. The number of phenols is 1. The van der Waals surface area contributed by atoms with Crippen LogP contribution in [0, 0.1) is 0 Å². The predicted octanol–water partition coefficient (Wildman–Crippen LogP) is 3.14. The lowest BCUT2D eigenvalue weighted by Crippen LogP contribution is -2.25. The molecule has 0 saturated carbocycles. The van der Waals surface area contributed by atoms with Crippen molar-refractivity contribution in [1.29, 1.82) is 0 Å². The van der Waals surface area contributed by atoms with Crippen LogP contribution in [-0.4, -0.2) is 24.7 Å². The first-order valence-corrected chi connectivity index (χ1v) is 7.29. The molecule has 1 amide bonds. The van der Waals surface area contributed by atoms with Gasteiger partial charge in [-0.2, -0.15) is 0 Å². The number of aromatic hydroxyl groups is 1. The number of methoxy groups -OCH3 is 1. The molecule has 0 aliphatic heterocycles. The molecule has 0 aliphatic rings. The Balaban J connectivity index is 1.88. The maximum Gasteiger partial charge on any atom is 0.255 e. The largest absolute Gasteiger partial charge is 0.507 e. The van der Waals surface area contributed by atoms with E-state index in [-0.39, 0.29) is 17.2 Å². The summed E-state index contributed by atoms with van der Waals surface area (Å²) in [5, 5.41) is 12.5. The molecule has 2 N–H and O–H groups in total. The Hall–Kier alpha value is -2.01. The van der Waals surface area contributed by atoms with E-state index in [1.54, 1.807) is 19.2 Å². The van der Waals surface area contributed by atoms with Gasteiger partial charge in [0.2, 0.25) is 0 Å². The molecule has 0 aliphatic carbocycles. The Kier molecular flexibility index (Phi) is 5.22. The minimum atomic E-state index is -0.284. The first-order chi connectivity index (χ1) is 10.1. The van der Waals surface area contributed by atoms with Gasteiger partial charge in [-0.05, 0) is 42.3 Å². The molecule has 0 saturated heterocycles. The van der Waals surface area contributed by atoms with Crippen molar-refractivity contribution in [2.24, 2.45) is 0 Å². The van der Waals surface area contributed by atoms with Gasteiger partial charge in [0, 0.05) is 11.0 Å². The highest BCUT2D eigenvalue weighted by atomic mass is 79.9. The molecule has 0 radical (unpaired) electrons. The van der Waals surface area contributed by atoms with Crippen LogP contribution in [-0.2, 0) is 6.42 Å². The molecule has 2 aromatic carbocycles. The second kappa shape index (κ2) is 7.13. The SMILES string of the molecule is COc1ccc(CCNC(=O)c2ccc(Br)cc2O)cc1. The number of carbonyl (C=O) groups excluding carboxylic acids is 1. The maximum absolute atomic E-state index is 12.0. The second-order valence-electron chi connectivity index (χ2n) is 4.52. The molecular weight excluding hydrogens is 334 g/mol. The number of carbonyl (C=O) groups is 1. The molecule has 0 atom stereocenters. The van der Waals surface area contributed by atoms with Gasteiger partial charge in [0.1, 0.15) is 11.5 Å². The Bertz CT molecular complexity index is 626.